The van der Waals surface area contributed by atoms with Gasteiger partial charge < -0.3 is 15.6 Å². The van der Waals surface area contributed by atoms with Crippen molar-refractivity contribution in [3.8, 4) is 0 Å². The topological polar surface area (TPSA) is 72.5 Å². The van der Waals surface area contributed by atoms with E-state index in [1.807, 2.05) is 0 Å². The van der Waals surface area contributed by atoms with Crippen LogP contribution in [-0.2, 0) is 9.53 Å². The number of hydrogen-bond donors (Lipinski definition) is 2. The SMILES string of the molecule is CC(OCC1(N)CCCCC1)C(=O)O. The monoisotopic (exact) mass is 201 g/mol. The van der Waals surface area contributed by atoms with Gasteiger partial charge in [0.05, 0.1) is 6.61 Å². The molecule has 1 aliphatic rings. The fraction of sp³-hybridized carbons (Fsp3) is 0.900. The molecule has 0 radical (unpaired) electrons. The van der Waals surface area contributed by atoms with Gasteiger partial charge in [-0.15, -0.1) is 0 Å². The summed E-state index contributed by atoms with van der Waals surface area (Å²) in [5.74, 6) is -0.926. The molecule has 1 saturated carbocycles. The van der Waals surface area contributed by atoms with E-state index in [1.165, 1.54) is 13.3 Å². The zero-order valence-corrected chi connectivity index (χ0v) is 8.66. The smallest absolute Gasteiger partial charge is 0.332 e. The Balaban J connectivity index is 2.31. The molecule has 4 heteroatoms. The molecule has 1 rings (SSSR count). The van der Waals surface area contributed by atoms with Gasteiger partial charge in [0.1, 0.15) is 0 Å². The second-order valence-corrected chi connectivity index (χ2v) is 4.21. The normalized spacial score (nSPS) is 23.0. The van der Waals surface area contributed by atoms with Gasteiger partial charge in [0.15, 0.2) is 6.10 Å². The van der Waals surface area contributed by atoms with Crippen LogP contribution in [0.1, 0.15) is 39.0 Å². The van der Waals surface area contributed by atoms with Gasteiger partial charge in [-0.1, -0.05) is 19.3 Å². The zero-order valence-electron chi connectivity index (χ0n) is 8.66. The van der Waals surface area contributed by atoms with E-state index in [0.717, 1.165) is 25.7 Å². The second-order valence-electron chi connectivity index (χ2n) is 4.21. The molecule has 14 heavy (non-hydrogen) atoms. The van der Waals surface area contributed by atoms with Gasteiger partial charge in [0.25, 0.3) is 0 Å². The first kappa shape index (κ1) is 11.5. The molecule has 0 amide bonds. The fourth-order valence-corrected chi connectivity index (χ4v) is 1.76. The molecular formula is C10H19NO3. The van der Waals surface area contributed by atoms with Crippen LogP contribution in [-0.4, -0.2) is 29.3 Å². The van der Waals surface area contributed by atoms with Crippen molar-refractivity contribution >= 4 is 5.97 Å². The van der Waals surface area contributed by atoms with Crippen LogP contribution in [0, 0.1) is 0 Å². The molecule has 1 aliphatic carbocycles. The lowest BCUT2D eigenvalue weighted by Gasteiger charge is -2.33. The summed E-state index contributed by atoms with van der Waals surface area (Å²) >= 11 is 0. The lowest BCUT2D eigenvalue weighted by molar-refractivity contribution is -0.150. The standard InChI is InChI=1S/C10H19NO3/c1-8(9(12)13)14-7-10(11)5-3-2-4-6-10/h8H,2-7,11H2,1H3,(H,12,13). The zero-order chi connectivity index (χ0) is 10.6. The third kappa shape index (κ3) is 3.27. The summed E-state index contributed by atoms with van der Waals surface area (Å²) in [5, 5.41) is 8.63. The molecule has 0 heterocycles. The maximum Gasteiger partial charge on any atom is 0.332 e. The first-order valence-electron chi connectivity index (χ1n) is 5.17. The van der Waals surface area contributed by atoms with E-state index in [1.54, 1.807) is 0 Å². The van der Waals surface area contributed by atoms with E-state index in [-0.39, 0.29) is 5.54 Å². The van der Waals surface area contributed by atoms with Gasteiger partial charge in [-0.2, -0.15) is 0 Å². The van der Waals surface area contributed by atoms with E-state index < -0.39 is 12.1 Å². The molecule has 0 aromatic heterocycles. The summed E-state index contributed by atoms with van der Waals surface area (Å²) in [7, 11) is 0. The van der Waals surface area contributed by atoms with Crippen LogP contribution in [0.4, 0.5) is 0 Å². The minimum absolute atomic E-state index is 0.290. The number of carboxylic acids is 1. The van der Waals surface area contributed by atoms with Crippen molar-refractivity contribution in [2.75, 3.05) is 6.61 Å². The lowest BCUT2D eigenvalue weighted by atomic mass is 9.83. The highest BCUT2D eigenvalue weighted by Crippen LogP contribution is 2.26. The predicted molar refractivity (Wildman–Crippen MR) is 53.1 cm³/mol. The van der Waals surface area contributed by atoms with Gasteiger partial charge in [0.2, 0.25) is 0 Å². The van der Waals surface area contributed by atoms with Crippen molar-refractivity contribution in [3.63, 3.8) is 0 Å². The number of aliphatic carboxylic acids is 1. The molecule has 0 aromatic rings. The maximum atomic E-state index is 10.5. The van der Waals surface area contributed by atoms with Gasteiger partial charge in [-0.25, -0.2) is 4.79 Å². The lowest BCUT2D eigenvalue weighted by Crippen LogP contribution is -2.47. The van der Waals surface area contributed by atoms with Crippen LogP contribution in [0.2, 0.25) is 0 Å². The second kappa shape index (κ2) is 4.75. The van der Waals surface area contributed by atoms with Gasteiger partial charge in [-0.05, 0) is 19.8 Å². The van der Waals surface area contributed by atoms with E-state index in [0.29, 0.717) is 6.61 Å². The number of carboxylic acid groups (broad SMARTS) is 1. The summed E-state index contributed by atoms with van der Waals surface area (Å²) in [5.41, 5.74) is 5.80. The average molecular weight is 201 g/mol. The molecule has 0 aromatic carbocycles. The third-order valence-electron chi connectivity index (χ3n) is 2.82. The fourth-order valence-electron chi connectivity index (χ4n) is 1.76. The van der Waals surface area contributed by atoms with Crippen LogP contribution >= 0.6 is 0 Å². The quantitative estimate of drug-likeness (QED) is 0.715. The first-order chi connectivity index (χ1) is 6.53. The van der Waals surface area contributed by atoms with Crippen molar-refractivity contribution in [2.24, 2.45) is 5.73 Å². The van der Waals surface area contributed by atoms with Crippen molar-refractivity contribution in [1.82, 2.24) is 0 Å². The molecule has 0 aliphatic heterocycles. The molecule has 3 N–H and O–H groups in total. The Morgan fingerprint density at radius 2 is 2.07 bits per heavy atom. The van der Waals surface area contributed by atoms with Crippen LogP contribution < -0.4 is 5.73 Å². The van der Waals surface area contributed by atoms with E-state index >= 15 is 0 Å². The molecule has 0 saturated heterocycles. The molecule has 0 bridgehead atoms. The molecule has 1 unspecified atom stereocenters. The summed E-state index contributed by atoms with van der Waals surface area (Å²) in [4.78, 5) is 10.5. The highest BCUT2D eigenvalue weighted by atomic mass is 16.5. The average Bonchev–Trinajstić information content (AvgIpc) is 2.15. The first-order valence-corrected chi connectivity index (χ1v) is 5.17. The number of nitrogens with two attached hydrogens (primary N) is 1. The Kier molecular flexibility index (Phi) is 3.89. The Morgan fingerprint density at radius 1 is 1.50 bits per heavy atom. The van der Waals surface area contributed by atoms with Crippen LogP contribution in [0.25, 0.3) is 0 Å². The number of ether oxygens (including phenoxy) is 1. The molecule has 82 valence electrons. The predicted octanol–water partition coefficient (Wildman–Crippen LogP) is 1.14. The summed E-state index contributed by atoms with van der Waals surface area (Å²) in [6.45, 7) is 1.90. The Bertz CT molecular complexity index is 200. The van der Waals surface area contributed by atoms with Gasteiger partial charge >= 0.3 is 5.97 Å². The Hall–Kier alpha value is -0.610. The number of carbonyl (C=O) groups is 1. The minimum atomic E-state index is -0.926. The highest BCUT2D eigenvalue weighted by Gasteiger charge is 2.29. The van der Waals surface area contributed by atoms with Crippen LogP contribution in [0.3, 0.4) is 0 Å². The van der Waals surface area contributed by atoms with Crippen molar-refractivity contribution in [1.29, 1.82) is 0 Å². The van der Waals surface area contributed by atoms with E-state index in [9.17, 15) is 4.79 Å². The van der Waals surface area contributed by atoms with Crippen molar-refractivity contribution in [3.05, 3.63) is 0 Å². The molecule has 0 spiro atoms. The molecular weight excluding hydrogens is 182 g/mol. The minimum Gasteiger partial charge on any atom is -0.479 e. The van der Waals surface area contributed by atoms with Gasteiger partial charge in [-0.3, -0.25) is 0 Å². The van der Waals surface area contributed by atoms with E-state index in [4.69, 9.17) is 15.6 Å². The largest absolute Gasteiger partial charge is 0.479 e. The van der Waals surface area contributed by atoms with Crippen LogP contribution in [0.5, 0.6) is 0 Å². The number of hydrogen-bond acceptors (Lipinski definition) is 3. The highest BCUT2D eigenvalue weighted by molar-refractivity contribution is 5.71. The van der Waals surface area contributed by atoms with Crippen LogP contribution in [0.15, 0.2) is 0 Å². The van der Waals surface area contributed by atoms with Crippen molar-refractivity contribution < 1.29 is 14.6 Å². The molecule has 1 fully saturated rings. The van der Waals surface area contributed by atoms with E-state index in [2.05, 4.69) is 0 Å². The Labute approximate surface area is 84.4 Å². The number of rotatable bonds is 4. The molecule has 1 atom stereocenters. The summed E-state index contributed by atoms with van der Waals surface area (Å²) in [6, 6.07) is 0. The van der Waals surface area contributed by atoms with Crippen molar-refractivity contribution in [2.45, 2.75) is 50.7 Å². The molecule has 4 nitrogen and oxygen atoms in total. The van der Waals surface area contributed by atoms with Gasteiger partial charge in [0, 0.05) is 5.54 Å². The summed E-state index contributed by atoms with van der Waals surface area (Å²) < 4.78 is 5.22. The third-order valence-corrected chi connectivity index (χ3v) is 2.82. The Morgan fingerprint density at radius 3 is 2.57 bits per heavy atom. The maximum absolute atomic E-state index is 10.5. The summed E-state index contributed by atoms with van der Waals surface area (Å²) in [6.07, 6.45) is 4.62.